The molecule has 13 nitrogen and oxygen atoms in total. The fourth-order valence-electron chi connectivity index (χ4n) is 7.75. The number of carboxylic acid groups (broad SMARTS) is 2. The van der Waals surface area contributed by atoms with E-state index in [1.54, 1.807) is 42.5 Å². The molecule has 288 valence electrons. The van der Waals surface area contributed by atoms with Crippen LogP contribution in [0.4, 0.5) is 15.8 Å². The first-order chi connectivity index (χ1) is 26.4. The lowest BCUT2D eigenvalue weighted by Gasteiger charge is -2.31. The van der Waals surface area contributed by atoms with Crippen molar-refractivity contribution in [3.05, 3.63) is 93.0 Å². The van der Waals surface area contributed by atoms with Crippen LogP contribution in [-0.2, 0) is 22.7 Å². The highest BCUT2D eigenvalue weighted by atomic mass is 35.5. The maximum absolute atomic E-state index is 15.4. The van der Waals surface area contributed by atoms with Gasteiger partial charge in [0, 0.05) is 48.4 Å². The number of aliphatic carboxylic acids is 2. The largest absolute Gasteiger partial charge is 0.496 e. The summed E-state index contributed by atoms with van der Waals surface area (Å²) in [5.74, 6) is -4.21. The first-order valence-electron chi connectivity index (χ1n) is 18.0. The molecule has 0 bridgehead atoms. The lowest BCUT2D eigenvalue weighted by Crippen LogP contribution is -2.32. The number of fused-ring (bicyclic) bond motifs is 1. The van der Waals surface area contributed by atoms with E-state index in [1.165, 1.54) is 13.2 Å². The number of halogens is 3. The summed E-state index contributed by atoms with van der Waals surface area (Å²) >= 11 is 13.7. The van der Waals surface area contributed by atoms with Crippen molar-refractivity contribution in [3.63, 3.8) is 0 Å². The average Bonchev–Trinajstić information content (AvgIpc) is 3.95. The smallest absolute Gasteiger partial charge is 0.307 e. The molecule has 2 saturated heterocycles. The predicted molar refractivity (Wildman–Crippen MR) is 203 cm³/mol. The molecule has 4 aromatic rings. The number of nitrogens with one attached hydrogen (secondary N) is 2. The normalized spacial score (nSPS) is 19.9. The number of carboxylic acids is 2. The number of likely N-dealkylation sites (tertiary alicyclic amines) is 2. The zero-order valence-electron chi connectivity index (χ0n) is 29.9. The fourth-order valence-corrected chi connectivity index (χ4v) is 8.30. The van der Waals surface area contributed by atoms with Gasteiger partial charge in [0.15, 0.2) is 5.69 Å². The lowest BCUT2D eigenvalue weighted by molar-refractivity contribution is -0.142. The second-order valence-electron chi connectivity index (χ2n) is 14.1. The van der Waals surface area contributed by atoms with Gasteiger partial charge in [0.1, 0.15) is 11.6 Å². The van der Waals surface area contributed by atoms with Crippen LogP contribution in [0.2, 0.25) is 10.0 Å². The lowest BCUT2D eigenvalue weighted by atomic mass is 10.0. The van der Waals surface area contributed by atoms with Gasteiger partial charge in [-0.15, -0.1) is 0 Å². The molecule has 0 spiro atoms. The summed E-state index contributed by atoms with van der Waals surface area (Å²) in [6.45, 7) is 2.71. The summed E-state index contributed by atoms with van der Waals surface area (Å²) in [5, 5.41) is 29.3. The van der Waals surface area contributed by atoms with Crippen molar-refractivity contribution in [1.82, 2.24) is 19.6 Å². The monoisotopic (exact) mass is 792 g/mol. The third-order valence-corrected chi connectivity index (χ3v) is 11.5. The molecule has 3 atom stereocenters. The minimum atomic E-state index is -0.887. The maximum atomic E-state index is 15.4. The number of hydrogen-bond acceptors (Lipinski definition) is 8. The number of aryl methyl sites for hydroxylation is 1. The first-order valence-corrected chi connectivity index (χ1v) is 18.7. The van der Waals surface area contributed by atoms with Gasteiger partial charge in [-0.1, -0.05) is 47.5 Å². The van der Waals surface area contributed by atoms with Gasteiger partial charge < -0.3 is 25.6 Å². The van der Waals surface area contributed by atoms with Crippen molar-refractivity contribution >= 4 is 58.3 Å². The summed E-state index contributed by atoms with van der Waals surface area (Å²) in [6.07, 6.45) is 2.76. The molecule has 4 N–H and O–H groups in total. The van der Waals surface area contributed by atoms with E-state index in [2.05, 4.69) is 20.6 Å². The molecule has 2 fully saturated rings. The van der Waals surface area contributed by atoms with E-state index < -0.39 is 41.4 Å². The van der Waals surface area contributed by atoms with E-state index in [9.17, 15) is 29.4 Å². The summed E-state index contributed by atoms with van der Waals surface area (Å²) in [5.41, 5.74) is 2.81. The second-order valence-corrected chi connectivity index (χ2v) is 14.9. The minimum absolute atomic E-state index is 0.00989. The van der Waals surface area contributed by atoms with Crippen LogP contribution in [-0.4, -0.2) is 86.8 Å². The first kappa shape index (κ1) is 38.3. The van der Waals surface area contributed by atoms with Crippen molar-refractivity contribution in [1.29, 1.82) is 0 Å². The van der Waals surface area contributed by atoms with Crippen LogP contribution in [0.1, 0.15) is 63.8 Å². The van der Waals surface area contributed by atoms with E-state index in [1.807, 2.05) is 9.58 Å². The van der Waals surface area contributed by atoms with Crippen molar-refractivity contribution in [3.8, 4) is 16.9 Å². The second kappa shape index (κ2) is 16.0. The van der Waals surface area contributed by atoms with Crippen molar-refractivity contribution in [2.24, 2.45) is 11.8 Å². The molecule has 55 heavy (non-hydrogen) atoms. The molecule has 4 heterocycles. The summed E-state index contributed by atoms with van der Waals surface area (Å²) in [6, 6.07) is 14.3. The Morgan fingerprint density at radius 1 is 0.855 bits per heavy atom. The van der Waals surface area contributed by atoms with Crippen LogP contribution in [0, 0.1) is 17.7 Å². The zero-order chi connectivity index (χ0) is 39.0. The van der Waals surface area contributed by atoms with E-state index in [0.29, 0.717) is 62.4 Å². The molecular weight excluding hydrogens is 754 g/mol. The molecule has 1 unspecified atom stereocenters. The Bertz CT molecular complexity index is 2180. The highest BCUT2D eigenvalue weighted by molar-refractivity contribution is 6.40. The number of rotatable bonds is 11. The molecule has 2 amide bonds. The number of hydrogen-bond donors (Lipinski definition) is 4. The summed E-state index contributed by atoms with van der Waals surface area (Å²) in [4.78, 5) is 53.9. The number of methoxy groups -OCH3 is 1. The minimum Gasteiger partial charge on any atom is -0.496 e. The Kier molecular flexibility index (Phi) is 11.1. The standard InChI is InChI=1S/C39H39Cl2FN6O7/c1-55-33-16-23(15-27(42)26(33)20-46-13-10-21(18-46)38(51)52)36(49)43-28-7-2-5-24(34(28)40)25-6-3-8-29(35(25)41)44-37(50)30-17-32-31(9-4-12-48(32)45-30)47-14-11-22(19-47)39(53)54/h2-3,5-8,15-17,21-22,31H,4,9-14,18-20H2,1H3,(H,43,49)(H,44,50)(H,51,52)(H,53,54)/t21-,22-,31?/m1/s1. The third-order valence-electron chi connectivity index (χ3n) is 10.7. The van der Waals surface area contributed by atoms with Gasteiger partial charge in [0.05, 0.1) is 52.1 Å². The van der Waals surface area contributed by atoms with E-state index in [4.69, 9.17) is 27.9 Å². The molecule has 1 aromatic heterocycles. The number of nitrogens with zero attached hydrogens (tertiary/aromatic N) is 4. The van der Waals surface area contributed by atoms with E-state index in [0.717, 1.165) is 24.6 Å². The van der Waals surface area contributed by atoms with Gasteiger partial charge in [-0.2, -0.15) is 5.10 Å². The van der Waals surface area contributed by atoms with E-state index >= 15 is 4.39 Å². The molecule has 3 aromatic carbocycles. The Morgan fingerprint density at radius 2 is 1.49 bits per heavy atom. The average molecular weight is 794 g/mol. The number of aromatic nitrogens is 2. The zero-order valence-corrected chi connectivity index (χ0v) is 31.4. The molecular formula is C39H39Cl2FN6O7. The van der Waals surface area contributed by atoms with Crippen LogP contribution in [0.5, 0.6) is 5.75 Å². The third kappa shape index (κ3) is 7.90. The number of carbonyl (C=O) groups is 4. The predicted octanol–water partition coefficient (Wildman–Crippen LogP) is 6.66. The van der Waals surface area contributed by atoms with Crippen molar-refractivity contribution in [2.75, 3.05) is 43.9 Å². The van der Waals surface area contributed by atoms with E-state index in [-0.39, 0.29) is 50.9 Å². The van der Waals surface area contributed by atoms with Crippen LogP contribution >= 0.6 is 23.2 Å². The highest BCUT2D eigenvalue weighted by Gasteiger charge is 2.36. The van der Waals surface area contributed by atoms with Gasteiger partial charge in [-0.3, -0.25) is 33.7 Å². The Hall–Kier alpha value is -5.02. The fraction of sp³-hybridized carbons (Fsp3) is 0.359. The summed E-state index contributed by atoms with van der Waals surface area (Å²) in [7, 11) is 1.37. The van der Waals surface area contributed by atoms with Gasteiger partial charge in [0.25, 0.3) is 11.8 Å². The quantitative estimate of drug-likeness (QED) is 0.129. The van der Waals surface area contributed by atoms with Crippen molar-refractivity contribution in [2.45, 2.75) is 44.8 Å². The Labute approximate surface area is 326 Å². The van der Waals surface area contributed by atoms with Crippen LogP contribution in [0.3, 0.4) is 0 Å². The maximum Gasteiger partial charge on any atom is 0.307 e. The molecule has 3 aliphatic rings. The number of anilines is 2. The molecule has 0 radical (unpaired) electrons. The molecule has 7 rings (SSSR count). The molecule has 16 heteroatoms. The number of benzene rings is 3. The molecule has 3 aliphatic heterocycles. The van der Waals surface area contributed by atoms with Crippen LogP contribution in [0.25, 0.3) is 11.1 Å². The van der Waals surface area contributed by atoms with Crippen LogP contribution in [0.15, 0.2) is 54.6 Å². The Balaban J connectivity index is 1.06. The topological polar surface area (TPSA) is 166 Å². The SMILES string of the molecule is COc1cc(C(=O)Nc2cccc(-c3cccc(NC(=O)c4cc5n(n4)CCCC5N4CC[C@@H](C(=O)O)C4)c3Cl)c2Cl)cc(F)c1CN1CC[C@@H](C(=O)O)C1. The van der Waals surface area contributed by atoms with Crippen molar-refractivity contribution < 1.29 is 38.5 Å². The van der Waals surface area contributed by atoms with Crippen LogP contribution < -0.4 is 15.4 Å². The van der Waals surface area contributed by atoms with Gasteiger partial charge >= 0.3 is 11.9 Å². The van der Waals surface area contributed by atoms with Gasteiger partial charge in [0.2, 0.25) is 0 Å². The highest BCUT2D eigenvalue weighted by Crippen LogP contribution is 2.41. The van der Waals surface area contributed by atoms with Gasteiger partial charge in [-0.05, 0) is 69.1 Å². The molecule has 0 aliphatic carbocycles. The van der Waals surface area contributed by atoms with Gasteiger partial charge in [-0.25, -0.2) is 4.39 Å². The summed E-state index contributed by atoms with van der Waals surface area (Å²) < 4.78 is 22.7. The number of ether oxygens (including phenoxy) is 1. The number of carbonyl (C=O) groups excluding carboxylic acids is 2. The number of amides is 2. The molecule has 0 saturated carbocycles. The Morgan fingerprint density at radius 3 is 2.11 bits per heavy atom.